The van der Waals surface area contributed by atoms with Gasteiger partial charge in [0.25, 0.3) is 0 Å². The van der Waals surface area contributed by atoms with Gasteiger partial charge in [-0.25, -0.2) is 9.78 Å². The van der Waals surface area contributed by atoms with Crippen LogP contribution in [0.1, 0.15) is 41.3 Å². The Balaban J connectivity index is 1.60. The van der Waals surface area contributed by atoms with Gasteiger partial charge in [-0.3, -0.25) is 9.78 Å². The number of amides is 1. The quantitative estimate of drug-likeness (QED) is 0.713. The van der Waals surface area contributed by atoms with Crippen LogP contribution in [0.3, 0.4) is 0 Å². The Kier molecular flexibility index (Phi) is 5.92. The van der Waals surface area contributed by atoms with Gasteiger partial charge in [-0.15, -0.1) is 0 Å². The number of hydrogen-bond acceptors (Lipinski definition) is 6. The average Bonchev–Trinajstić information content (AvgIpc) is 2.58. The van der Waals surface area contributed by atoms with E-state index in [9.17, 15) is 9.59 Å². The molecule has 148 valence electrons. The molecule has 1 amide bonds. The first-order valence-corrected chi connectivity index (χ1v) is 9.36. The molecule has 0 N–H and O–H groups in total. The summed E-state index contributed by atoms with van der Waals surface area (Å²) in [7, 11) is 0. The van der Waals surface area contributed by atoms with Gasteiger partial charge in [0, 0.05) is 29.7 Å². The highest BCUT2D eigenvalue weighted by Gasteiger charge is 2.34. The van der Waals surface area contributed by atoms with Gasteiger partial charge in [0.05, 0.1) is 25.6 Å². The van der Waals surface area contributed by atoms with Crippen LogP contribution < -0.4 is 4.74 Å². The first kappa shape index (κ1) is 19.8. The highest BCUT2D eigenvalue weighted by molar-refractivity contribution is 5.95. The molecule has 3 heterocycles. The molecule has 3 rings (SSSR count). The fraction of sp³-hybridized carbons (Fsp3) is 0.429. The molecule has 2 aromatic rings. The number of aryl methyl sites for hydroxylation is 2. The van der Waals surface area contributed by atoms with Crippen LogP contribution in [0.5, 0.6) is 5.75 Å². The summed E-state index contributed by atoms with van der Waals surface area (Å²) in [5.74, 6) is 0.468. The molecule has 0 saturated carbocycles. The predicted octanol–water partition coefficient (Wildman–Crippen LogP) is 3.13. The number of pyridine rings is 2. The molecule has 1 fully saturated rings. The molecule has 0 spiro atoms. The average molecular weight is 383 g/mol. The highest BCUT2D eigenvalue weighted by Crippen LogP contribution is 2.21. The Morgan fingerprint density at radius 2 is 1.96 bits per heavy atom. The smallest absolute Gasteiger partial charge is 0.410 e. The Labute approximate surface area is 164 Å². The third kappa shape index (κ3) is 5.06. The predicted molar refractivity (Wildman–Crippen MR) is 104 cm³/mol. The maximum absolute atomic E-state index is 12.6. The van der Waals surface area contributed by atoms with E-state index in [1.807, 2.05) is 39.8 Å². The number of carbonyl (C=O) groups is 2. The van der Waals surface area contributed by atoms with Gasteiger partial charge in [0.1, 0.15) is 17.5 Å². The number of likely N-dealkylation sites (tertiary alicyclic amines) is 1. The van der Waals surface area contributed by atoms with E-state index in [2.05, 4.69) is 9.97 Å². The zero-order chi connectivity index (χ0) is 20.3. The normalized spacial score (nSPS) is 14.0. The SMILES string of the molecule is Cc1ccc(CC(=O)c2cc(OC3CN(C(=O)OC(C)C)C3)cc(C)n2)nc1. The van der Waals surface area contributed by atoms with Crippen molar-refractivity contribution in [2.75, 3.05) is 13.1 Å². The number of Topliss-reactive ketones (excluding diaryl/α,β-unsaturated/α-hetero) is 1. The Morgan fingerprint density at radius 3 is 2.61 bits per heavy atom. The molecule has 0 atom stereocenters. The topological polar surface area (TPSA) is 81.6 Å². The van der Waals surface area contributed by atoms with Gasteiger partial charge in [-0.1, -0.05) is 6.07 Å². The maximum atomic E-state index is 12.6. The van der Waals surface area contributed by atoms with E-state index >= 15 is 0 Å². The lowest BCUT2D eigenvalue weighted by molar-refractivity contribution is 0.00155. The number of aromatic nitrogens is 2. The summed E-state index contributed by atoms with van der Waals surface area (Å²) in [6, 6.07) is 7.22. The number of ketones is 1. The second-order valence-electron chi connectivity index (χ2n) is 7.33. The van der Waals surface area contributed by atoms with Crippen LogP contribution in [0.25, 0.3) is 0 Å². The van der Waals surface area contributed by atoms with Crippen molar-refractivity contribution in [2.45, 2.75) is 46.3 Å². The number of hydrogen-bond donors (Lipinski definition) is 0. The molecule has 0 radical (unpaired) electrons. The Hall–Kier alpha value is -2.96. The van der Waals surface area contributed by atoms with Crippen molar-refractivity contribution in [3.63, 3.8) is 0 Å². The van der Waals surface area contributed by atoms with Crippen LogP contribution in [0, 0.1) is 13.8 Å². The van der Waals surface area contributed by atoms with Crippen LogP contribution in [0.2, 0.25) is 0 Å². The molecule has 1 aliphatic heterocycles. The minimum absolute atomic E-state index is 0.111. The van der Waals surface area contributed by atoms with Gasteiger partial charge < -0.3 is 14.4 Å². The fourth-order valence-corrected chi connectivity index (χ4v) is 2.84. The molecular formula is C21H25N3O4. The van der Waals surface area contributed by atoms with E-state index in [-0.39, 0.29) is 30.5 Å². The minimum Gasteiger partial charge on any atom is -0.487 e. The van der Waals surface area contributed by atoms with E-state index in [1.54, 1.807) is 23.2 Å². The van der Waals surface area contributed by atoms with Gasteiger partial charge >= 0.3 is 6.09 Å². The zero-order valence-electron chi connectivity index (χ0n) is 16.6. The van der Waals surface area contributed by atoms with E-state index in [4.69, 9.17) is 9.47 Å². The van der Waals surface area contributed by atoms with Crippen molar-refractivity contribution in [2.24, 2.45) is 0 Å². The molecule has 7 heteroatoms. The number of nitrogens with zero attached hydrogens (tertiary/aromatic N) is 3. The summed E-state index contributed by atoms with van der Waals surface area (Å²) in [4.78, 5) is 34.6. The lowest BCUT2D eigenvalue weighted by Crippen LogP contribution is -2.56. The van der Waals surface area contributed by atoms with E-state index < -0.39 is 0 Å². The van der Waals surface area contributed by atoms with Crippen LogP contribution >= 0.6 is 0 Å². The molecule has 2 aromatic heterocycles. The van der Waals surface area contributed by atoms with Gasteiger partial charge in [0.15, 0.2) is 5.78 Å². The Bertz CT molecular complexity index is 858. The summed E-state index contributed by atoms with van der Waals surface area (Å²) in [6.45, 7) is 8.33. The zero-order valence-corrected chi connectivity index (χ0v) is 16.6. The van der Waals surface area contributed by atoms with Crippen molar-refractivity contribution in [3.05, 3.63) is 53.1 Å². The minimum atomic E-state index is -0.331. The van der Waals surface area contributed by atoms with E-state index in [0.29, 0.717) is 35.9 Å². The van der Waals surface area contributed by atoms with Crippen LogP contribution in [0.4, 0.5) is 4.79 Å². The number of ether oxygens (including phenoxy) is 2. The summed E-state index contributed by atoms with van der Waals surface area (Å²) >= 11 is 0. The largest absolute Gasteiger partial charge is 0.487 e. The summed E-state index contributed by atoms with van der Waals surface area (Å²) in [5, 5.41) is 0. The number of carbonyl (C=O) groups excluding carboxylic acids is 2. The molecular weight excluding hydrogens is 358 g/mol. The van der Waals surface area contributed by atoms with Crippen LogP contribution in [-0.2, 0) is 11.2 Å². The lowest BCUT2D eigenvalue weighted by atomic mass is 10.1. The van der Waals surface area contributed by atoms with Crippen LogP contribution in [-0.4, -0.2) is 52.0 Å². The molecule has 1 saturated heterocycles. The summed E-state index contributed by atoms with van der Waals surface area (Å²) in [5.41, 5.74) is 2.81. The highest BCUT2D eigenvalue weighted by atomic mass is 16.6. The van der Waals surface area contributed by atoms with E-state index in [0.717, 1.165) is 5.56 Å². The first-order chi connectivity index (χ1) is 13.3. The molecule has 0 aromatic carbocycles. The molecule has 0 unspecified atom stereocenters. The van der Waals surface area contributed by atoms with Gasteiger partial charge in [-0.2, -0.15) is 0 Å². The van der Waals surface area contributed by atoms with Crippen LogP contribution in [0.15, 0.2) is 30.5 Å². The second kappa shape index (κ2) is 8.37. The van der Waals surface area contributed by atoms with Crippen molar-refractivity contribution in [3.8, 4) is 5.75 Å². The van der Waals surface area contributed by atoms with Crippen molar-refractivity contribution < 1.29 is 19.1 Å². The third-order valence-corrected chi connectivity index (χ3v) is 4.27. The lowest BCUT2D eigenvalue weighted by Gasteiger charge is -2.38. The molecule has 28 heavy (non-hydrogen) atoms. The standard InChI is InChI=1S/C21H25N3O4/c1-13(2)27-21(26)24-11-18(12-24)28-17-7-15(4)23-19(9-17)20(25)8-16-6-5-14(3)10-22-16/h5-7,9-10,13,18H,8,11-12H2,1-4H3. The molecule has 7 nitrogen and oxygen atoms in total. The van der Waals surface area contributed by atoms with Gasteiger partial charge in [0.2, 0.25) is 0 Å². The third-order valence-electron chi connectivity index (χ3n) is 4.27. The fourth-order valence-electron chi connectivity index (χ4n) is 2.84. The monoisotopic (exact) mass is 383 g/mol. The second-order valence-corrected chi connectivity index (χ2v) is 7.33. The maximum Gasteiger partial charge on any atom is 0.410 e. The van der Waals surface area contributed by atoms with Crippen molar-refractivity contribution >= 4 is 11.9 Å². The van der Waals surface area contributed by atoms with Gasteiger partial charge in [-0.05, 0) is 39.3 Å². The Morgan fingerprint density at radius 1 is 1.21 bits per heavy atom. The van der Waals surface area contributed by atoms with Crippen molar-refractivity contribution in [1.82, 2.24) is 14.9 Å². The first-order valence-electron chi connectivity index (χ1n) is 9.36. The summed E-state index contributed by atoms with van der Waals surface area (Å²) < 4.78 is 11.1. The molecule has 0 bridgehead atoms. The van der Waals surface area contributed by atoms with E-state index in [1.165, 1.54) is 0 Å². The number of rotatable bonds is 6. The molecule has 0 aliphatic carbocycles. The summed E-state index contributed by atoms with van der Waals surface area (Å²) in [6.07, 6.45) is 1.33. The molecule has 1 aliphatic rings. The van der Waals surface area contributed by atoms with Crippen molar-refractivity contribution in [1.29, 1.82) is 0 Å².